The van der Waals surface area contributed by atoms with Crippen LogP contribution < -0.4 is 21.8 Å². The van der Waals surface area contributed by atoms with Gasteiger partial charge in [-0.05, 0) is 31.2 Å². The molecular formula is C10H17Cl2N5O. The first-order valence-electron chi connectivity index (χ1n) is 4.90. The molecule has 0 unspecified atom stereocenters. The van der Waals surface area contributed by atoms with E-state index in [-0.39, 0.29) is 30.8 Å². The van der Waals surface area contributed by atoms with Crippen LogP contribution in [-0.2, 0) is 0 Å². The lowest BCUT2D eigenvalue weighted by molar-refractivity contribution is 0.256. The number of halogens is 2. The van der Waals surface area contributed by atoms with Crippen LogP contribution in [0.1, 0.15) is 6.92 Å². The van der Waals surface area contributed by atoms with Crippen LogP contribution >= 0.6 is 24.8 Å². The molecule has 1 aromatic rings. The van der Waals surface area contributed by atoms with Crippen molar-refractivity contribution in [1.29, 1.82) is 0 Å². The zero-order valence-electron chi connectivity index (χ0n) is 9.84. The van der Waals surface area contributed by atoms with Gasteiger partial charge in [-0.25, -0.2) is 4.79 Å². The van der Waals surface area contributed by atoms with Gasteiger partial charge in [-0.1, -0.05) is 0 Å². The Bertz CT molecular complexity index is 369. The number of hydrogen-bond acceptors (Lipinski definition) is 4. The summed E-state index contributed by atoms with van der Waals surface area (Å²) in [5, 5.41) is 8.79. The predicted octanol–water partition coefficient (Wildman–Crippen LogP) is 1.79. The predicted molar refractivity (Wildman–Crippen MR) is 79.7 cm³/mol. The molecule has 0 aromatic heterocycles. The molecule has 1 rings (SSSR count). The quantitative estimate of drug-likeness (QED) is 0.295. The molecule has 0 aliphatic heterocycles. The zero-order valence-corrected chi connectivity index (χ0v) is 11.5. The van der Waals surface area contributed by atoms with E-state index in [4.69, 9.17) is 5.73 Å². The van der Waals surface area contributed by atoms with E-state index < -0.39 is 0 Å². The molecule has 18 heavy (non-hydrogen) atoms. The number of hydrazone groups is 1. The summed E-state index contributed by atoms with van der Waals surface area (Å²) in [6, 6.07) is 6.50. The number of anilines is 2. The second-order valence-electron chi connectivity index (χ2n) is 2.99. The summed E-state index contributed by atoms with van der Waals surface area (Å²) in [7, 11) is 0. The van der Waals surface area contributed by atoms with Crippen LogP contribution in [0.5, 0.6) is 0 Å². The molecule has 0 bridgehead atoms. The van der Waals surface area contributed by atoms with Gasteiger partial charge in [0.1, 0.15) is 6.34 Å². The Balaban J connectivity index is 0. The maximum atomic E-state index is 11.3. The SMILES string of the molecule is CCN/N=C/NC(=O)Nc1ccc(N)cc1.Cl.Cl. The van der Waals surface area contributed by atoms with Crippen LogP contribution in [0.3, 0.4) is 0 Å². The Hall–Kier alpha value is -1.66. The van der Waals surface area contributed by atoms with E-state index >= 15 is 0 Å². The normalized spacial score (nSPS) is 8.94. The highest BCUT2D eigenvalue weighted by Crippen LogP contribution is 2.09. The molecule has 0 aliphatic carbocycles. The summed E-state index contributed by atoms with van der Waals surface area (Å²) in [6.45, 7) is 2.61. The Labute approximate surface area is 118 Å². The molecule has 0 atom stereocenters. The first-order valence-corrected chi connectivity index (χ1v) is 4.90. The topological polar surface area (TPSA) is 91.5 Å². The molecule has 6 nitrogen and oxygen atoms in total. The molecule has 102 valence electrons. The fraction of sp³-hybridized carbons (Fsp3) is 0.200. The van der Waals surface area contributed by atoms with Gasteiger partial charge in [0.2, 0.25) is 0 Å². The summed E-state index contributed by atoms with van der Waals surface area (Å²) in [5.41, 5.74) is 9.52. The number of carbonyl (C=O) groups is 1. The van der Waals surface area contributed by atoms with Crippen molar-refractivity contribution >= 4 is 48.6 Å². The number of nitrogens with two attached hydrogens (primary N) is 1. The van der Waals surface area contributed by atoms with Gasteiger partial charge in [-0.15, -0.1) is 24.8 Å². The van der Waals surface area contributed by atoms with Crippen molar-refractivity contribution in [2.24, 2.45) is 5.10 Å². The molecule has 2 amide bonds. The molecule has 0 fully saturated rings. The number of amides is 2. The number of hydrogen-bond donors (Lipinski definition) is 4. The third kappa shape index (κ3) is 7.59. The van der Waals surface area contributed by atoms with Crippen LogP contribution in [0.4, 0.5) is 16.2 Å². The summed E-state index contributed by atoms with van der Waals surface area (Å²) in [5.74, 6) is 0. The molecular weight excluding hydrogens is 277 g/mol. The summed E-state index contributed by atoms with van der Waals surface area (Å²) in [4.78, 5) is 11.3. The lowest BCUT2D eigenvalue weighted by Crippen LogP contribution is -2.28. The van der Waals surface area contributed by atoms with Gasteiger partial charge in [0, 0.05) is 17.9 Å². The monoisotopic (exact) mass is 293 g/mol. The molecule has 0 aliphatic rings. The van der Waals surface area contributed by atoms with Gasteiger partial charge in [-0.3, -0.25) is 5.32 Å². The van der Waals surface area contributed by atoms with E-state index in [1.165, 1.54) is 6.34 Å². The fourth-order valence-corrected chi connectivity index (χ4v) is 0.961. The second-order valence-corrected chi connectivity index (χ2v) is 2.99. The number of nitrogens with zero attached hydrogens (tertiary/aromatic N) is 1. The van der Waals surface area contributed by atoms with Crippen molar-refractivity contribution in [3.05, 3.63) is 24.3 Å². The highest BCUT2D eigenvalue weighted by atomic mass is 35.5. The van der Waals surface area contributed by atoms with E-state index in [1.807, 2.05) is 6.92 Å². The van der Waals surface area contributed by atoms with Gasteiger partial charge >= 0.3 is 6.03 Å². The van der Waals surface area contributed by atoms with Crippen molar-refractivity contribution in [1.82, 2.24) is 10.7 Å². The van der Waals surface area contributed by atoms with Crippen LogP contribution in [0.15, 0.2) is 29.4 Å². The average Bonchev–Trinajstić information content (AvgIpc) is 2.28. The highest BCUT2D eigenvalue weighted by Gasteiger charge is 1.98. The Morgan fingerprint density at radius 1 is 1.33 bits per heavy atom. The Morgan fingerprint density at radius 2 is 1.94 bits per heavy atom. The van der Waals surface area contributed by atoms with Crippen LogP contribution in [0.2, 0.25) is 0 Å². The summed E-state index contributed by atoms with van der Waals surface area (Å²) >= 11 is 0. The van der Waals surface area contributed by atoms with Gasteiger partial charge in [0.15, 0.2) is 0 Å². The van der Waals surface area contributed by atoms with Crippen molar-refractivity contribution < 1.29 is 4.79 Å². The molecule has 0 saturated carbocycles. The second kappa shape index (κ2) is 10.5. The number of nitrogen functional groups attached to an aromatic ring is 1. The van der Waals surface area contributed by atoms with Crippen LogP contribution in [-0.4, -0.2) is 18.9 Å². The fourth-order valence-electron chi connectivity index (χ4n) is 0.961. The molecule has 1 aromatic carbocycles. The third-order valence-electron chi connectivity index (χ3n) is 1.68. The summed E-state index contributed by atoms with van der Waals surface area (Å²) in [6.07, 6.45) is 1.29. The van der Waals surface area contributed by atoms with Crippen molar-refractivity contribution in [3.8, 4) is 0 Å². The molecule has 0 radical (unpaired) electrons. The number of urea groups is 1. The van der Waals surface area contributed by atoms with Crippen LogP contribution in [0.25, 0.3) is 0 Å². The van der Waals surface area contributed by atoms with Crippen LogP contribution in [0, 0.1) is 0 Å². The van der Waals surface area contributed by atoms with Gasteiger partial charge < -0.3 is 16.5 Å². The van der Waals surface area contributed by atoms with Gasteiger partial charge in [-0.2, -0.15) is 5.10 Å². The number of nitrogens with one attached hydrogen (secondary N) is 3. The largest absolute Gasteiger partial charge is 0.399 e. The van der Waals surface area contributed by atoms with Crippen molar-refractivity contribution in [2.75, 3.05) is 17.6 Å². The van der Waals surface area contributed by atoms with Gasteiger partial charge in [0.05, 0.1) is 0 Å². The maximum Gasteiger partial charge on any atom is 0.324 e. The van der Waals surface area contributed by atoms with E-state index in [0.29, 0.717) is 17.9 Å². The molecule has 0 heterocycles. The average molecular weight is 294 g/mol. The maximum absolute atomic E-state index is 11.3. The van der Waals surface area contributed by atoms with E-state index in [0.717, 1.165) is 0 Å². The Morgan fingerprint density at radius 3 is 2.50 bits per heavy atom. The summed E-state index contributed by atoms with van der Waals surface area (Å²) < 4.78 is 0. The van der Waals surface area contributed by atoms with E-state index in [2.05, 4.69) is 21.2 Å². The molecule has 5 N–H and O–H groups in total. The van der Waals surface area contributed by atoms with Crippen molar-refractivity contribution in [3.63, 3.8) is 0 Å². The minimum Gasteiger partial charge on any atom is -0.399 e. The standard InChI is InChI=1S/C10H15N5O.2ClH/c1-2-13-14-7-12-10(16)15-9-5-3-8(11)4-6-9;;/h3-7,13H,2,11H2,1H3,(H2,12,14,15,16);2*1H. The smallest absolute Gasteiger partial charge is 0.324 e. The van der Waals surface area contributed by atoms with Crippen molar-refractivity contribution in [2.45, 2.75) is 6.92 Å². The first-order chi connectivity index (χ1) is 7.72. The molecule has 8 heteroatoms. The zero-order chi connectivity index (χ0) is 11.8. The first kappa shape index (κ1) is 18.7. The minimum absolute atomic E-state index is 0. The third-order valence-corrected chi connectivity index (χ3v) is 1.68. The minimum atomic E-state index is -0.355. The van der Waals surface area contributed by atoms with Gasteiger partial charge in [0.25, 0.3) is 0 Å². The number of carbonyl (C=O) groups excluding carboxylic acids is 1. The number of rotatable bonds is 4. The molecule has 0 spiro atoms. The highest BCUT2D eigenvalue weighted by molar-refractivity contribution is 5.96. The van der Waals surface area contributed by atoms with E-state index in [9.17, 15) is 4.79 Å². The lowest BCUT2D eigenvalue weighted by Gasteiger charge is -2.04. The van der Waals surface area contributed by atoms with E-state index in [1.54, 1.807) is 24.3 Å². The Kier molecular flexibility index (Phi) is 10.9. The molecule has 0 saturated heterocycles. The number of benzene rings is 1. The lowest BCUT2D eigenvalue weighted by atomic mass is 10.3.